The van der Waals surface area contributed by atoms with E-state index in [-0.39, 0.29) is 40.1 Å². The molecule has 1 aliphatic rings. The summed E-state index contributed by atoms with van der Waals surface area (Å²) < 4.78 is 18.4. The molecule has 1 rings (SSSR count). The fourth-order valence-electron chi connectivity index (χ4n) is 3.79. The number of ether oxygens (including phenoxy) is 1. The summed E-state index contributed by atoms with van der Waals surface area (Å²) in [7, 11) is -2.58. The van der Waals surface area contributed by atoms with Gasteiger partial charge in [0.1, 0.15) is 6.29 Å². The van der Waals surface area contributed by atoms with E-state index >= 15 is 0 Å². The molecular formula is C26H50O5Si2. The van der Waals surface area contributed by atoms with Gasteiger partial charge in [0.2, 0.25) is 0 Å². The van der Waals surface area contributed by atoms with Crippen molar-refractivity contribution in [3.63, 3.8) is 0 Å². The van der Waals surface area contributed by atoms with Crippen LogP contribution >= 0.6 is 0 Å². The van der Waals surface area contributed by atoms with Gasteiger partial charge < -0.3 is 18.4 Å². The zero-order valence-corrected chi connectivity index (χ0v) is 25.1. The van der Waals surface area contributed by atoms with E-state index in [0.717, 1.165) is 32.0 Å². The predicted molar refractivity (Wildman–Crippen MR) is 141 cm³/mol. The number of rotatable bonds is 11. The van der Waals surface area contributed by atoms with Crippen LogP contribution in [0, 0.1) is 11.8 Å². The Kier molecular flexibility index (Phi) is 10.8. The molecule has 192 valence electrons. The van der Waals surface area contributed by atoms with Crippen LogP contribution < -0.4 is 0 Å². The highest BCUT2D eigenvalue weighted by molar-refractivity contribution is 6.74. The number of esters is 1. The molecule has 7 heteroatoms. The van der Waals surface area contributed by atoms with Gasteiger partial charge in [0.15, 0.2) is 16.6 Å². The van der Waals surface area contributed by atoms with Crippen LogP contribution in [-0.4, -0.2) is 48.2 Å². The fourth-order valence-corrected chi connectivity index (χ4v) is 6.54. The molecule has 4 atom stereocenters. The summed E-state index contributed by atoms with van der Waals surface area (Å²) in [6.45, 7) is 22.6. The summed E-state index contributed by atoms with van der Waals surface area (Å²) in [5.74, 6) is -0.217. The summed E-state index contributed by atoms with van der Waals surface area (Å²) in [5.41, 5.74) is 0. The van der Waals surface area contributed by atoms with Gasteiger partial charge in [-0.05, 0) is 67.9 Å². The van der Waals surface area contributed by atoms with Gasteiger partial charge in [-0.15, -0.1) is 0 Å². The van der Waals surface area contributed by atoms with Crippen molar-refractivity contribution in [2.75, 3.05) is 7.11 Å². The molecule has 1 saturated carbocycles. The predicted octanol–water partition coefficient (Wildman–Crippen LogP) is 6.89. The highest BCUT2D eigenvalue weighted by Gasteiger charge is 2.51. The van der Waals surface area contributed by atoms with Crippen molar-refractivity contribution in [1.82, 2.24) is 0 Å². The van der Waals surface area contributed by atoms with Gasteiger partial charge in [0, 0.05) is 12.3 Å². The highest BCUT2D eigenvalue weighted by Crippen LogP contribution is 2.46. The minimum atomic E-state index is -2.01. The number of hydrogen-bond acceptors (Lipinski definition) is 5. The van der Waals surface area contributed by atoms with Crippen LogP contribution in [0.25, 0.3) is 0 Å². The SMILES string of the molecule is COC(=O)CCC/C=C\C[C@H]1[C@@H](C=O)[C@H](O[Si](C)(C)C(C)(C)C)C[C@@H]1O[Si](C)(C)C(C)(C)C. The number of hydrogen-bond donors (Lipinski definition) is 0. The number of unbranched alkanes of at least 4 members (excludes halogenated alkanes) is 1. The van der Waals surface area contributed by atoms with E-state index in [4.69, 9.17) is 13.6 Å². The summed E-state index contributed by atoms with van der Waals surface area (Å²) in [6.07, 6.45) is 8.93. The lowest BCUT2D eigenvalue weighted by molar-refractivity contribution is -0.140. The van der Waals surface area contributed by atoms with Gasteiger partial charge in [0.25, 0.3) is 0 Å². The van der Waals surface area contributed by atoms with E-state index in [1.807, 2.05) is 0 Å². The maximum atomic E-state index is 12.3. The molecule has 0 amide bonds. The van der Waals surface area contributed by atoms with Crippen LogP contribution in [0.15, 0.2) is 12.2 Å². The van der Waals surface area contributed by atoms with Gasteiger partial charge in [-0.25, -0.2) is 0 Å². The number of carbonyl (C=O) groups excluding carboxylic acids is 2. The van der Waals surface area contributed by atoms with E-state index in [0.29, 0.717) is 6.42 Å². The lowest BCUT2D eigenvalue weighted by Crippen LogP contribution is -2.45. The van der Waals surface area contributed by atoms with Crippen LogP contribution in [0.2, 0.25) is 36.3 Å². The van der Waals surface area contributed by atoms with Crippen molar-refractivity contribution in [3.8, 4) is 0 Å². The summed E-state index contributed by atoms with van der Waals surface area (Å²) in [4.78, 5) is 23.6. The maximum Gasteiger partial charge on any atom is 0.305 e. The van der Waals surface area contributed by atoms with Crippen LogP contribution in [0.4, 0.5) is 0 Å². The second-order valence-electron chi connectivity index (χ2n) is 12.6. The highest BCUT2D eigenvalue weighted by atomic mass is 28.4. The van der Waals surface area contributed by atoms with E-state index < -0.39 is 16.6 Å². The average Bonchev–Trinajstić information content (AvgIpc) is 2.96. The van der Waals surface area contributed by atoms with Crippen LogP contribution in [0.1, 0.15) is 73.6 Å². The lowest BCUT2D eigenvalue weighted by atomic mass is 9.91. The van der Waals surface area contributed by atoms with Crippen molar-refractivity contribution in [1.29, 1.82) is 0 Å². The maximum absolute atomic E-state index is 12.3. The van der Waals surface area contributed by atoms with Crippen LogP contribution in [0.5, 0.6) is 0 Å². The minimum absolute atomic E-state index is 0.0237. The second-order valence-corrected chi connectivity index (χ2v) is 22.1. The Morgan fingerprint density at radius 2 is 1.42 bits per heavy atom. The van der Waals surface area contributed by atoms with E-state index in [1.54, 1.807) is 0 Å². The molecule has 0 aromatic heterocycles. The molecule has 0 aromatic carbocycles. The Labute approximate surface area is 205 Å². The monoisotopic (exact) mass is 498 g/mol. The molecule has 0 bridgehead atoms. The number of methoxy groups -OCH3 is 1. The number of carbonyl (C=O) groups is 2. The summed E-state index contributed by atoms with van der Waals surface area (Å²) >= 11 is 0. The smallest absolute Gasteiger partial charge is 0.305 e. The van der Waals surface area contributed by atoms with Crippen molar-refractivity contribution >= 4 is 28.9 Å². The third-order valence-corrected chi connectivity index (χ3v) is 17.1. The molecule has 0 spiro atoms. The second kappa shape index (κ2) is 11.8. The van der Waals surface area contributed by atoms with Crippen molar-refractivity contribution < 1.29 is 23.2 Å². The zero-order chi connectivity index (χ0) is 25.7. The molecule has 1 fully saturated rings. The molecule has 33 heavy (non-hydrogen) atoms. The summed E-state index contributed by atoms with van der Waals surface area (Å²) in [6, 6.07) is 0. The van der Waals surface area contributed by atoms with Gasteiger partial charge >= 0.3 is 5.97 Å². The topological polar surface area (TPSA) is 61.8 Å². The van der Waals surface area contributed by atoms with Gasteiger partial charge in [0.05, 0.1) is 19.3 Å². The van der Waals surface area contributed by atoms with Crippen molar-refractivity contribution in [3.05, 3.63) is 12.2 Å². The number of allylic oxidation sites excluding steroid dienone is 2. The largest absolute Gasteiger partial charge is 0.469 e. The molecule has 5 nitrogen and oxygen atoms in total. The molecule has 1 aliphatic carbocycles. The molecule has 0 N–H and O–H groups in total. The third-order valence-electron chi connectivity index (χ3n) is 8.08. The first-order valence-electron chi connectivity index (χ1n) is 12.5. The Morgan fingerprint density at radius 1 is 0.909 bits per heavy atom. The molecule has 0 saturated heterocycles. The van der Waals surface area contributed by atoms with Gasteiger partial charge in [-0.2, -0.15) is 0 Å². The Hall–Kier alpha value is -0.766. The molecule has 0 unspecified atom stereocenters. The molecule has 0 heterocycles. The normalized spacial score (nSPS) is 24.9. The lowest BCUT2D eigenvalue weighted by Gasteiger charge is -2.40. The molecule has 0 radical (unpaired) electrons. The first kappa shape index (κ1) is 30.3. The van der Waals surface area contributed by atoms with Crippen molar-refractivity contribution in [2.24, 2.45) is 11.8 Å². The Morgan fingerprint density at radius 3 is 1.88 bits per heavy atom. The van der Waals surface area contributed by atoms with E-state index in [9.17, 15) is 9.59 Å². The van der Waals surface area contributed by atoms with Gasteiger partial charge in [-0.3, -0.25) is 4.79 Å². The van der Waals surface area contributed by atoms with E-state index in [1.165, 1.54) is 7.11 Å². The van der Waals surface area contributed by atoms with Crippen LogP contribution in [-0.2, 0) is 23.2 Å². The molecule has 0 aliphatic heterocycles. The van der Waals surface area contributed by atoms with Gasteiger partial charge in [-0.1, -0.05) is 53.7 Å². The van der Waals surface area contributed by atoms with Crippen LogP contribution in [0.3, 0.4) is 0 Å². The fraction of sp³-hybridized carbons (Fsp3) is 0.846. The first-order valence-corrected chi connectivity index (χ1v) is 18.3. The Bertz CT molecular complexity index is 673. The average molecular weight is 499 g/mol. The quantitative estimate of drug-likeness (QED) is 0.102. The summed E-state index contributed by atoms with van der Waals surface area (Å²) in [5, 5.41) is 0.199. The van der Waals surface area contributed by atoms with E-state index in [2.05, 4.69) is 79.9 Å². The minimum Gasteiger partial charge on any atom is -0.469 e. The number of aldehydes is 1. The zero-order valence-electron chi connectivity index (χ0n) is 23.1. The third kappa shape index (κ3) is 8.44. The Balaban J connectivity index is 3.04. The first-order chi connectivity index (χ1) is 15.0. The molecular weight excluding hydrogens is 448 g/mol. The molecule has 0 aromatic rings. The van der Waals surface area contributed by atoms with Crippen molar-refractivity contribution in [2.45, 2.75) is 122 Å². The standard InChI is InChI=1S/C26H50O5Si2/c1-25(2,3)32(8,9)30-22-18-23(31-33(10,11)26(4,5)6)21(19-27)20(22)16-14-12-13-15-17-24(28)29-7/h12,14,19-23H,13,15-18H2,1-11H3/b14-12-/t20-,21+,22-,23+/m0/s1.